The van der Waals surface area contributed by atoms with Gasteiger partial charge in [0.1, 0.15) is 0 Å². The van der Waals surface area contributed by atoms with Crippen LogP contribution in [0, 0.1) is 17.0 Å². The van der Waals surface area contributed by atoms with Crippen LogP contribution in [0.25, 0.3) is 0 Å². The molecule has 1 aliphatic heterocycles. The van der Waals surface area contributed by atoms with Crippen LogP contribution in [0.3, 0.4) is 0 Å². The van der Waals surface area contributed by atoms with Crippen molar-refractivity contribution in [1.82, 2.24) is 9.73 Å². The second-order valence-corrected chi connectivity index (χ2v) is 9.53. The number of hydrogen-bond donors (Lipinski definition) is 1. The quantitative estimate of drug-likeness (QED) is 0.572. The topological polar surface area (TPSA) is 117 Å². The average Bonchev–Trinajstić information content (AvgIpc) is 2.70. The lowest BCUT2D eigenvalue weighted by molar-refractivity contribution is -0.384. The molecule has 3 rings (SSSR count). The average molecular weight is 434 g/mol. The summed E-state index contributed by atoms with van der Waals surface area (Å²) in [4.78, 5) is 15.2. The maximum Gasteiger partial charge on any atom is 0.270 e. The first-order chi connectivity index (χ1) is 13.7. The molecule has 29 heavy (non-hydrogen) atoms. The van der Waals surface area contributed by atoms with Crippen molar-refractivity contribution in [2.75, 3.05) is 19.8 Å². The number of nitrogens with one attached hydrogen (secondary N) is 1. The van der Waals surface area contributed by atoms with Gasteiger partial charge in [-0.05, 0) is 24.6 Å². The van der Waals surface area contributed by atoms with E-state index in [1.165, 1.54) is 44.1 Å². The van der Waals surface area contributed by atoms with Crippen LogP contribution in [0.15, 0.2) is 57.5 Å². The minimum absolute atomic E-state index is 0.00389. The predicted molar refractivity (Wildman–Crippen MR) is 114 cm³/mol. The number of hydrogen-bond acceptors (Lipinski definition) is 7. The maximum absolute atomic E-state index is 12.3. The lowest BCUT2D eigenvalue weighted by atomic mass is 10.1. The van der Waals surface area contributed by atoms with Crippen LogP contribution in [0.5, 0.6) is 0 Å². The number of rotatable bonds is 5. The zero-order valence-corrected chi connectivity index (χ0v) is 17.6. The van der Waals surface area contributed by atoms with Crippen LogP contribution >= 0.6 is 11.8 Å². The van der Waals surface area contributed by atoms with Crippen molar-refractivity contribution in [2.45, 2.75) is 11.8 Å². The zero-order chi connectivity index (χ0) is 21.2. The largest absolute Gasteiger partial charge is 0.270 e. The number of hydrazone groups is 1. The molecule has 0 saturated heterocycles. The molecule has 1 N–H and O–H groups in total. The standard InChI is InChI=1S/C18H19N5O4S2/c1-12-7-8-15(29(26,27)22(2)3)10-16(12)19-18-21-20-17(11-28-18)13-5-4-6-14(9-13)23(24)25/h4-10H,11H2,1-3H3,(H,19,21). The van der Waals surface area contributed by atoms with Gasteiger partial charge in [0.05, 0.1) is 21.2 Å². The molecule has 0 spiro atoms. The Morgan fingerprint density at radius 2 is 2.00 bits per heavy atom. The van der Waals surface area contributed by atoms with E-state index in [1.807, 2.05) is 6.92 Å². The number of nitrogens with zero attached hydrogens (tertiary/aromatic N) is 4. The van der Waals surface area contributed by atoms with Crippen LogP contribution in [0.2, 0.25) is 0 Å². The number of non-ortho nitro benzene ring substituents is 1. The third-order valence-corrected chi connectivity index (χ3v) is 6.89. The van der Waals surface area contributed by atoms with E-state index in [4.69, 9.17) is 0 Å². The Morgan fingerprint density at radius 1 is 1.24 bits per heavy atom. The lowest BCUT2D eigenvalue weighted by Crippen LogP contribution is -2.25. The first kappa shape index (κ1) is 21.0. The van der Waals surface area contributed by atoms with E-state index >= 15 is 0 Å². The van der Waals surface area contributed by atoms with Gasteiger partial charge in [-0.25, -0.2) is 17.7 Å². The van der Waals surface area contributed by atoms with E-state index in [9.17, 15) is 18.5 Å². The molecule has 0 saturated carbocycles. The summed E-state index contributed by atoms with van der Waals surface area (Å²) in [6, 6.07) is 11.1. The van der Waals surface area contributed by atoms with Crippen molar-refractivity contribution >= 4 is 44.0 Å². The van der Waals surface area contributed by atoms with Gasteiger partial charge in [-0.15, -0.1) is 0 Å². The molecule has 0 aliphatic carbocycles. The predicted octanol–water partition coefficient (Wildman–Crippen LogP) is 2.88. The maximum atomic E-state index is 12.3. The van der Waals surface area contributed by atoms with Gasteiger partial charge < -0.3 is 0 Å². The Hall–Kier alpha value is -2.76. The van der Waals surface area contributed by atoms with Gasteiger partial charge in [0.25, 0.3) is 5.69 Å². The van der Waals surface area contributed by atoms with Gasteiger partial charge in [0.2, 0.25) is 10.0 Å². The monoisotopic (exact) mass is 433 g/mol. The molecule has 11 heteroatoms. The fourth-order valence-corrected chi connectivity index (χ4v) is 4.21. The Balaban J connectivity index is 1.86. The highest BCUT2D eigenvalue weighted by molar-refractivity contribution is 8.14. The van der Waals surface area contributed by atoms with E-state index in [2.05, 4.69) is 15.5 Å². The fourth-order valence-electron chi connectivity index (χ4n) is 2.51. The fraction of sp³-hybridized carbons (Fsp3) is 0.222. The summed E-state index contributed by atoms with van der Waals surface area (Å²) in [5.74, 6) is 0.474. The van der Waals surface area contributed by atoms with Crippen LogP contribution in [0.1, 0.15) is 11.1 Å². The van der Waals surface area contributed by atoms with Crippen LogP contribution < -0.4 is 5.43 Å². The van der Waals surface area contributed by atoms with E-state index in [-0.39, 0.29) is 10.6 Å². The van der Waals surface area contributed by atoms with E-state index in [1.54, 1.807) is 24.3 Å². The number of aryl methyl sites for hydroxylation is 1. The van der Waals surface area contributed by atoms with Crippen LogP contribution in [-0.4, -0.2) is 48.4 Å². The smallest absolute Gasteiger partial charge is 0.258 e. The van der Waals surface area contributed by atoms with Crippen LogP contribution in [-0.2, 0) is 10.0 Å². The number of nitro groups is 1. The van der Waals surface area contributed by atoms with Crippen molar-refractivity contribution in [2.24, 2.45) is 10.1 Å². The van der Waals surface area contributed by atoms with E-state index < -0.39 is 14.9 Å². The Kier molecular flexibility index (Phi) is 6.01. The minimum Gasteiger partial charge on any atom is -0.258 e. The SMILES string of the molecule is Cc1ccc(S(=O)(=O)N(C)C)cc1N=C1NN=C(c2cccc([N+](=O)[O-])c2)CS1. The number of benzene rings is 2. The highest BCUT2D eigenvalue weighted by Crippen LogP contribution is 2.26. The van der Waals surface area contributed by atoms with Gasteiger partial charge in [-0.1, -0.05) is 30.0 Å². The molecule has 0 fully saturated rings. The molecule has 0 aromatic heterocycles. The molecule has 1 aliphatic rings. The van der Waals surface area contributed by atoms with E-state index in [0.29, 0.717) is 27.9 Å². The van der Waals surface area contributed by atoms with Gasteiger partial charge >= 0.3 is 0 Å². The number of nitro benzene ring substituents is 1. The molecule has 0 bridgehead atoms. The Labute approximate surface area is 172 Å². The minimum atomic E-state index is -3.56. The summed E-state index contributed by atoms with van der Waals surface area (Å²) < 4.78 is 25.9. The second-order valence-electron chi connectivity index (χ2n) is 6.42. The molecular formula is C18H19N5O4S2. The molecule has 152 valence electrons. The second kappa shape index (κ2) is 8.31. The highest BCUT2D eigenvalue weighted by Gasteiger charge is 2.19. The number of thioether (sulfide) groups is 1. The van der Waals surface area contributed by atoms with Crippen LogP contribution in [0.4, 0.5) is 11.4 Å². The third kappa shape index (κ3) is 4.63. The number of amidine groups is 1. The summed E-state index contributed by atoms with van der Waals surface area (Å²) in [6.07, 6.45) is 0. The van der Waals surface area contributed by atoms with Crippen molar-refractivity contribution in [3.05, 3.63) is 63.7 Å². The Bertz CT molecular complexity index is 1130. The molecular weight excluding hydrogens is 414 g/mol. The molecule has 0 radical (unpaired) electrons. The first-order valence-corrected chi connectivity index (χ1v) is 10.9. The van der Waals surface area contributed by atoms with Crippen molar-refractivity contribution in [3.63, 3.8) is 0 Å². The van der Waals surface area contributed by atoms with Gasteiger partial charge in [-0.3, -0.25) is 15.5 Å². The first-order valence-electron chi connectivity index (χ1n) is 8.50. The summed E-state index contributed by atoms with van der Waals surface area (Å²) in [6.45, 7) is 1.84. The summed E-state index contributed by atoms with van der Waals surface area (Å²) in [5.41, 5.74) is 5.52. The summed E-state index contributed by atoms with van der Waals surface area (Å²) in [7, 11) is -0.607. The van der Waals surface area contributed by atoms with Crippen molar-refractivity contribution in [3.8, 4) is 0 Å². The Morgan fingerprint density at radius 3 is 2.62 bits per heavy atom. The third-order valence-electron chi connectivity index (χ3n) is 4.20. The van der Waals surface area contributed by atoms with Gasteiger partial charge in [0.15, 0.2) is 5.17 Å². The highest BCUT2D eigenvalue weighted by atomic mass is 32.2. The van der Waals surface area contributed by atoms with Crippen molar-refractivity contribution < 1.29 is 13.3 Å². The van der Waals surface area contributed by atoms with Crippen molar-refractivity contribution in [1.29, 1.82) is 0 Å². The molecule has 2 aromatic carbocycles. The zero-order valence-electron chi connectivity index (χ0n) is 16.0. The number of sulfonamides is 1. The van der Waals surface area contributed by atoms with E-state index in [0.717, 1.165) is 9.87 Å². The number of aliphatic imine (C=N–C) groups is 1. The molecule has 9 nitrogen and oxygen atoms in total. The van der Waals surface area contributed by atoms with Gasteiger partial charge in [0, 0.05) is 37.5 Å². The normalized spacial score (nSPS) is 15.9. The molecule has 2 aromatic rings. The lowest BCUT2D eigenvalue weighted by Gasteiger charge is -2.16. The summed E-state index contributed by atoms with van der Waals surface area (Å²) >= 11 is 1.38. The molecule has 1 heterocycles. The summed E-state index contributed by atoms with van der Waals surface area (Å²) in [5, 5.41) is 15.7. The molecule has 0 unspecified atom stereocenters. The van der Waals surface area contributed by atoms with Gasteiger partial charge in [-0.2, -0.15) is 5.10 Å². The molecule has 0 atom stereocenters. The molecule has 0 amide bonds.